The van der Waals surface area contributed by atoms with Gasteiger partial charge < -0.3 is 19.3 Å². The standard InChI is InChI=1S/C28H24N2O6S/c1-15-5-11-19-22(13-15)37-28(29-19)30-24(17-8-12-20(35-3)21(14-17)36-4)23(26(32)27(30)33)25(31)16-6-9-18(34-2)10-7-16/h5-14,24,31H,1-4H3/t24-/m1/s1. The Kier molecular flexibility index (Phi) is 6.31. The van der Waals surface area contributed by atoms with Crippen molar-refractivity contribution in [1.29, 1.82) is 0 Å². The van der Waals surface area contributed by atoms with Gasteiger partial charge in [-0.25, -0.2) is 4.98 Å². The number of amides is 1. The lowest BCUT2D eigenvalue weighted by Gasteiger charge is -2.23. The number of fused-ring (bicyclic) bond motifs is 1. The fraction of sp³-hybridized carbons (Fsp3) is 0.179. The largest absolute Gasteiger partial charge is 0.507 e. The summed E-state index contributed by atoms with van der Waals surface area (Å²) in [6.45, 7) is 1.98. The molecule has 1 aliphatic heterocycles. The van der Waals surface area contributed by atoms with Gasteiger partial charge >= 0.3 is 5.91 Å². The SMILES string of the molecule is COc1ccc(C(O)=C2C(=O)C(=O)N(c3nc4ccc(C)cc4s3)[C@@H]2c2ccc(OC)c(OC)c2)cc1. The number of rotatable bonds is 6. The number of aliphatic hydroxyl groups is 1. The van der Waals surface area contributed by atoms with Gasteiger partial charge in [-0.2, -0.15) is 0 Å². The molecule has 37 heavy (non-hydrogen) atoms. The number of hydrogen-bond acceptors (Lipinski definition) is 8. The fourth-order valence-electron chi connectivity index (χ4n) is 4.40. The van der Waals surface area contributed by atoms with Crippen LogP contribution in [0.2, 0.25) is 0 Å². The summed E-state index contributed by atoms with van der Waals surface area (Å²) in [6, 6.07) is 16.6. The molecule has 1 aromatic heterocycles. The van der Waals surface area contributed by atoms with Crippen LogP contribution >= 0.6 is 11.3 Å². The van der Waals surface area contributed by atoms with E-state index in [-0.39, 0.29) is 11.3 Å². The first kappa shape index (κ1) is 24.3. The van der Waals surface area contributed by atoms with Gasteiger partial charge in [0.1, 0.15) is 11.5 Å². The number of carbonyl (C=O) groups excluding carboxylic acids is 2. The first-order chi connectivity index (χ1) is 17.9. The molecule has 0 spiro atoms. The minimum atomic E-state index is -0.941. The molecular weight excluding hydrogens is 492 g/mol. The Labute approximate surface area is 217 Å². The topological polar surface area (TPSA) is 98.2 Å². The van der Waals surface area contributed by atoms with Crippen LogP contribution in [0.3, 0.4) is 0 Å². The van der Waals surface area contributed by atoms with Crippen molar-refractivity contribution in [1.82, 2.24) is 4.98 Å². The van der Waals surface area contributed by atoms with Crippen molar-refractivity contribution in [3.63, 3.8) is 0 Å². The first-order valence-corrected chi connectivity index (χ1v) is 12.2. The fourth-order valence-corrected chi connectivity index (χ4v) is 5.49. The average molecular weight is 517 g/mol. The van der Waals surface area contributed by atoms with Gasteiger partial charge in [0.2, 0.25) is 0 Å². The van der Waals surface area contributed by atoms with Gasteiger partial charge in [0, 0.05) is 5.56 Å². The van der Waals surface area contributed by atoms with E-state index in [0.717, 1.165) is 10.3 Å². The normalized spacial score (nSPS) is 16.9. The van der Waals surface area contributed by atoms with Crippen molar-refractivity contribution < 1.29 is 28.9 Å². The number of ketones is 1. The molecule has 188 valence electrons. The van der Waals surface area contributed by atoms with Crippen LogP contribution in [0.1, 0.15) is 22.7 Å². The number of anilines is 1. The number of nitrogens with zero attached hydrogens (tertiary/aromatic N) is 2. The molecule has 0 unspecified atom stereocenters. The number of benzene rings is 3. The maximum atomic E-state index is 13.5. The second kappa shape index (κ2) is 9.59. The number of methoxy groups -OCH3 is 3. The van der Waals surface area contributed by atoms with Crippen molar-refractivity contribution in [2.75, 3.05) is 26.2 Å². The highest BCUT2D eigenvalue weighted by Gasteiger charge is 2.48. The highest BCUT2D eigenvalue weighted by Crippen LogP contribution is 2.46. The minimum absolute atomic E-state index is 0.0437. The molecule has 3 aromatic carbocycles. The Morgan fingerprint density at radius 3 is 2.32 bits per heavy atom. The van der Waals surface area contributed by atoms with E-state index in [9.17, 15) is 14.7 Å². The molecule has 1 saturated heterocycles. The van der Waals surface area contributed by atoms with Crippen LogP contribution in [0.4, 0.5) is 5.13 Å². The summed E-state index contributed by atoms with van der Waals surface area (Å²) in [5.74, 6) is -0.351. The Hall–Kier alpha value is -4.37. The Balaban J connectivity index is 1.73. The highest BCUT2D eigenvalue weighted by atomic mass is 32.1. The first-order valence-electron chi connectivity index (χ1n) is 11.4. The number of thiazole rings is 1. The van der Waals surface area contributed by atoms with Gasteiger partial charge in [-0.1, -0.05) is 23.5 Å². The summed E-state index contributed by atoms with van der Waals surface area (Å²) in [5.41, 5.74) is 2.67. The number of carbonyl (C=O) groups is 2. The van der Waals surface area contributed by atoms with Gasteiger partial charge in [0.05, 0.1) is 43.2 Å². The van der Waals surface area contributed by atoms with E-state index in [2.05, 4.69) is 4.98 Å². The van der Waals surface area contributed by atoms with E-state index < -0.39 is 17.7 Å². The van der Waals surface area contributed by atoms with Crippen molar-refractivity contribution >= 4 is 44.1 Å². The van der Waals surface area contributed by atoms with E-state index in [1.54, 1.807) is 42.5 Å². The van der Waals surface area contributed by atoms with E-state index in [0.29, 0.717) is 39.0 Å². The quantitative estimate of drug-likeness (QED) is 0.212. The zero-order valence-electron chi connectivity index (χ0n) is 20.6. The molecule has 1 atom stereocenters. The summed E-state index contributed by atoms with van der Waals surface area (Å²) in [7, 11) is 4.57. The molecule has 0 bridgehead atoms. The number of Topliss-reactive ketones (excluding diaryl/α,β-unsaturated/α-hetero) is 1. The summed E-state index contributed by atoms with van der Waals surface area (Å²) in [4.78, 5) is 32.9. The number of ether oxygens (including phenoxy) is 3. The molecule has 5 rings (SSSR count). The zero-order valence-corrected chi connectivity index (χ0v) is 21.5. The lowest BCUT2D eigenvalue weighted by molar-refractivity contribution is -0.132. The number of aliphatic hydroxyl groups excluding tert-OH is 1. The van der Waals surface area contributed by atoms with Crippen LogP contribution in [-0.4, -0.2) is 43.1 Å². The number of aromatic nitrogens is 1. The van der Waals surface area contributed by atoms with Crippen molar-refractivity contribution in [2.24, 2.45) is 0 Å². The van der Waals surface area contributed by atoms with Crippen molar-refractivity contribution in [3.05, 3.63) is 82.9 Å². The Morgan fingerprint density at radius 1 is 0.919 bits per heavy atom. The predicted octanol–water partition coefficient (Wildman–Crippen LogP) is 5.26. The molecule has 0 aliphatic carbocycles. The third kappa shape index (κ3) is 4.17. The van der Waals surface area contributed by atoms with E-state index in [4.69, 9.17) is 14.2 Å². The minimum Gasteiger partial charge on any atom is -0.507 e. The molecule has 1 N–H and O–H groups in total. The van der Waals surface area contributed by atoms with Crippen LogP contribution in [0.5, 0.6) is 17.2 Å². The molecule has 1 aliphatic rings. The smallest absolute Gasteiger partial charge is 0.301 e. The molecular formula is C28H24N2O6S. The van der Waals surface area contributed by atoms with Gasteiger partial charge in [0.15, 0.2) is 16.6 Å². The summed E-state index contributed by atoms with van der Waals surface area (Å²) in [6.07, 6.45) is 0. The van der Waals surface area contributed by atoms with Gasteiger partial charge in [-0.05, 0) is 66.6 Å². The third-order valence-electron chi connectivity index (χ3n) is 6.27. The highest BCUT2D eigenvalue weighted by molar-refractivity contribution is 7.22. The van der Waals surface area contributed by atoms with E-state index in [1.165, 1.54) is 37.6 Å². The molecule has 9 heteroatoms. The maximum absolute atomic E-state index is 13.5. The van der Waals surface area contributed by atoms with Crippen molar-refractivity contribution in [3.8, 4) is 17.2 Å². The third-order valence-corrected chi connectivity index (χ3v) is 7.29. The van der Waals surface area contributed by atoms with E-state index >= 15 is 0 Å². The lowest BCUT2D eigenvalue weighted by Crippen LogP contribution is -2.29. The summed E-state index contributed by atoms with van der Waals surface area (Å²) >= 11 is 1.31. The predicted molar refractivity (Wildman–Crippen MR) is 142 cm³/mol. The molecule has 2 heterocycles. The summed E-state index contributed by atoms with van der Waals surface area (Å²) < 4.78 is 16.9. The Bertz CT molecular complexity index is 1560. The number of hydrogen-bond donors (Lipinski definition) is 1. The second-order valence-electron chi connectivity index (χ2n) is 8.48. The van der Waals surface area contributed by atoms with Crippen LogP contribution in [-0.2, 0) is 9.59 Å². The van der Waals surface area contributed by atoms with Crippen molar-refractivity contribution in [2.45, 2.75) is 13.0 Å². The monoisotopic (exact) mass is 516 g/mol. The molecule has 1 fully saturated rings. The lowest BCUT2D eigenvalue weighted by atomic mass is 9.95. The second-order valence-corrected chi connectivity index (χ2v) is 9.49. The molecule has 0 saturated carbocycles. The molecule has 8 nitrogen and oxygen atoms in total. The summed E-state index contributed by atoms with van der Waals surface area (Å²) in [5, 5.41) is 11.7. The van der Waals surface area contributed by atoms with Gasteiger partial charge in [-0.15, -0.1) is 0 Å². The molecule has 4 aromatic rings. The van der Waals surface area contributed by atoms with Crippen LogP contribution in [0.15, 0.2) is 66.2 Å². The van der Waals surface area contributed by atoms with Crippen LogP contribution in [0.25, 0.3) is 16.0 Å². The zero-order chi connectivity index (χ0) is 26.3. The van der Waals surface area contributed by atoms with Crippen LogP contribution < -0.4 is 19.1 Å². The number of aryl methyl sites for hydroxylation is 1. The molecule has 1 amide bonds. The maximum Gasteiger partial charge on any atom is 0.301 e. The Morgan fingerprint density at radius 2 is 1.65 bits per heavy atom. The van der Waals surface area contributed by atoms with Gasteiger partial charge in [-0.3, -0.25) is 14.5 Å². The molecule has 0 radical (unpaired) electrons. The van der Waals surface area contributed by atoms with E-state index in [1.807, 2.05) is 25.1 Å². The average Bonchev–Trinajstić information content (AvgIpc) is 3.45. The van der Waals surface area contributed by atoms with Gasteiger partial charge in [0.25, 0.3) is 5.78 Å². The van der Waals surface area contributed by atoms with Crippen LogP contribution in [0, 0.1) is 6.92 Å².